The van der Waals surface area contributed by atoms with Crippen LogP contribution >= 0.6 is 0 Å². The monoisotopic (exact) mass is 264 g/mol. The van der Waals surface area contributed by atoms with Gasteiger partial charge in [-0.15, -0.1) is 0 Å². The van der Waals surface area contributed by atoms with Crippen LogP contribution in [0.5, 0.6) is 5.75 Å². The van der Waals surface area contributed by atoms with E-state index in [4.69, 9.17) is 4.74 Å². The summed E-state index contributed by atoms with van der Waals surface area (Å²) >= 11 is 0. The first kappa shape index (κ1) is 15.0. The van der Waals surface area contributed by atoms with Crippen molar-refractivity contribution in [2.75, 3.05) is 20.2 Å². The second-order valence-electron chi connectivity index (χ2n) is 4.08. The molecule has 0 bridgehead atoms. The fourth-order valence-electron chi connectivity index (χ4n) is 1.54. The Bertz CT molecular complexity index is 415. The fraction of sp³-hybridized carbons (Fsp3) is 0.429. The van der Waals surface area contributed by atoms with E-state index in [1.807, 2.05) is 6.92 Å². The summed E-state index contributed by atoms with van der Waals surface area (Å²) in [4.78, 5) is 22.9. The maximum absolute atomic E-state index is 11.8. The molecule has 5 heteroatoms. The number of hydrogen-bond acceptors (Lipinski definition) is 3. The highest BCUT2D eigenvalue weighted by molar-refractivity contribution is 5.94. The molecule has 0 fully saturated rings. The minimum Gasteiger partial charge on any atom is -0.497 e. The highest BCUT2D eigenvalue weighted by atomic mass is 16.5. The van der Waals surface area contributed by atoms with E-state index in [2.05, 4.69) is 10.6 Å². The van der Waals surface area contributed by atoms with Crippen LogP contribution in [0.3, 0.4) is 0 Å². The van der Waals surface area contributed by atoms with Crippen molar-refractivity contribution in [2.24, 2.45) is 0 Å². The third-order valence-corrected chi connectivity index (χ3v) is 2.56. The molecule has 1 aromatic rings. The quantitative estimate of drug-likeness (QED) is 0.730. The lowest BCUT2D eigenvalue weighted by Gasteiger charge is -2.07. The van der Waals surface area contributed by atoms with E-state index >= 15 is 0 Å². The molecule has 2 N–H and O–H groups in total. The first-order chi connectivity index (χ1) is 9.17. The lowest BCUT2D eigenvalue weighted by molar-refractivity contribution is -0.121. The van der Waals surface area contributed by atoms with Crippen molar-refractivity contribution in [3.05, 3.63) is 29.8 Å². The molecule has 0 aliphatic rings. The Balaban J connectivity index is 2.29. The molecule has 1 rings (SSSR count). The number of amides is 2. The molecule has 104 valence electrons. The summed E-state index contributed by atoms with van der Waals surface area (Å²) in [5.74, 6) is 0.567. The molecule has 0 spiro atoms. The summed E-state index contributed by atoms with van der Waals surface area (Å²) in [5.41, 5.74) is 0.570. The molecule has 0 saturated carbocycles. The van der Waals surface area contributed by atoms with Crippen LogP contribution in [0.25, 0.3) is 0 Å². The van der Waals surface area contributed by atoms with Crippen LogP contribution in [0, 0.1) is 0 Å². The minimum atomic E-state index is -0.160. The molecule has 0 heterocycles. The SMILES string of the molecule is CCCC(=O)NCCNC(=O)c1ccc(OC)cc1. The van der Waals surface area contributed by atoms with Gasteiger partial charge < -0.3 is 15.4 Å². The third kappa shape index (κ3) is 5.42. The van der Waals surface area contributed by atoms with E-state index in [0.29, 0.717) is 30.8 Å². The van der Waals surface area contributed by atoms with E-state index in [1.165, 1.54) is 0 Å². The van der Waals surface area contributed by atoms with Crippen LogP contribution in [0.4, 0.5) is 0 Å². The summed E-state index contributed by atoms with van der Waals surface area (Å²) in [5, 5.41) is 5.47. The van der Waals surface area contributed by atoms with Gasteiger partial charge >= 0.3 is 0 Å². The number of hydrogen-bond donors (Lipinski definition) is 2. The Kier molecular flexibility index (Phi) is 6.43. The second-order valence-corrected chi connectivity index (χ2v) is 4.08. The number of ether oxygens (including phenoxy) is 1. The van der Waals surface area contributed by atoms with Gasteiger partial charge in [0.1, 0.15) is 5.75 Å². The van der Waals surface area contributed by atoms with Gasteiger partial charge in [0.25, 0.3) is 5.91 Å². The van der Waals surface area contributed by atoms with Gasteiger partial charge in [0, 0.05) is 25.1 Å². The smallest absolute Gasteiger partial charge is 0.251 e. The van der Waals surface area contributed by atoms with Gasteiger partial charge in [-0.2, -0.15) is 0 Å². The molecular weight excluding hydrogens is 244 g/mol. The molecule has 19 heavy (non-hydrogen) atoms. The fourth-order valence-corrected chi connectivity index (χ4v) is 1.54. The number of carbonyl (C=O) groups excluding carboxylic acids is 2. The van der Waals surface area contributed by atoms with Crippen molar-refractivity contribution in [1.29, 1.82) is 0 Å². The topological polar surface area (TPSA) is 67.4 Å². The van der Waals surface area contributed by atoms with E-state index in [9.17, 15) is 9.59 Å². The van der Waals surface area contributed by atoms with Crippen molar-refractivity contribution < 1.29 is 14.3 Å². The molecule has 0 aliphatic carbocycles. The van der Waals surface area contributed by atoms with E-state index in [0.717, 1.165) is 6.42 Å². The summed E-state index contributed by atoms with van der Waals surface area (Å²) < 4.78 is 5.02. The predicted octanol–water partition coefficient (Wildman–Crippen LogP) is 1.34. The Hall–Kier alpha value is -2.04. The molecule has 0 atom stereocenters. The summed E-state index contributed by atoms with van der Waals surface area (Å²) in [6, 6.07) is 6.86. The maximum Gasteiger partial charge on any atom is 0.251 e. The van der Waals surface area contributed by atoms with Crippen molar-refractivity contribution in [3.8, 4) is 5.75 Å². The van der Waals surface area contributed by atoms with Crippen LogP contribution < -0.4 is 15.4 Å². The first-order valence-corrected chi connectivity index (χ1v) is 6.36. The second kappa shape index (κ2) is 8.13. The van der Waals surface area contributed by atoms with Crippen molar-refractivity contribution >= 4 is 11.8 Å². The van der Waals surface area contributed by atoms with Gasteiger partial charge in [-0.3, -0.25) is 9.59 Å². The van der Waals surface area contributed by atoms with Gasteiger partial charge in [0.2, 0.25) is 5.91 Å². The molecule has 1 aromatic carbocycles. The molecular formula is C14H20N2O3. The summed E-state index contributed by atoms with van der Waals surface area (Å²) in [6.45, 7) is 2.81. The zero-order chi connectivity index (χ0) is 14.1. The van der Waals surface area contributed by atoms with Gasteiger partial charge in [-0.05, 0) is 30.7 Å². The van der Waals surface area contributed by atoms with Crippen molar-refractivity contribution in [1.82, 2.24) is 10.6 Å². The molecule has 0 radical (unpaired) electrons. The maximum atomic E-state index is 11.8. The normalized spacial score (nSPS) is 9.79. The molecule has 0 unspecified atom stereocenters. The van der Waals surface area contributed by atoms with Gasteiger partial charge in [0.15, 0.2) is 0 Å². The lowest BCUT2D eigenvalue weighted by Crippen LogP contribution is -2.34. The Morgan fingerprint density at radius 3 is 2.32 bits per heavy atom. The highest BCUT2D eigenvalue weighted by Crippen LogP contribution is 2.10. The third-order valence-electron chi connectivity index (χ3n) is 2.56. The van der Waals surface area contributed by atoms with Crippen LogP contribution in [0.2, 0.25) is 0 Å². The average Bonchev–Trinajstić information content (AvgIpc) is 2.44. The first-order valence-electron chi connectivity index (χ1n) is 6.36. The van der Waals surface area contributed by atoms with Gasteiger partial charge in [0.05, 0.1) is 7.11 Å². The van der Waals surface area contributed by atoms with Crippen LogP contribution in [-0.4, -0.2) is 32.0 Å². The van der Waals surface area contributed by atoms with Gasteiger partial charge in [-0.1, -0.05) is 6.92 Å². The predicted molar refractivity (Wildman–Crippen MR) is 73.2 cm³/mol. The van der Waals surface area contributed by atoms with Crippen LogP contribution in [0.1, 0.15) is 30.1 Å². The Morgan fingerprint density at radius 1 is 1.11 bits per heavy atom. The molecule has 2 amide bonds. The Labute approximate surface area is 113 Å². The molecule has 0 aromatic heterocycles. The number of carbonyl (C=O) groups is 2. The molecule has 5 nitrogen and oxygen atoms in total. The highest BCUT2D eigenvalue weighted by Gasteiger charge is 2.05. The minimum absolute atomic E-state index is 0.0150. The summed E-state index contributed by atoms with van der Waals surface area (Å²) in [7, 11) is 1.58. The van der Waals surface area contributed by atoms with E-state index in [1.54, 1.807) is 31.4 Å². The van der Waals surface area contributed by atoms with Gasteiger partial charge in [-0.25, -0.2) is 0 Å². The zero-order valence-electron chi connectivity index (χ0n) is 11.4. The van der Waals surface area contributed by atoms with Crippen molar-refractivity contribution in [2.45, 2.75) is 19.8 Å². The van der Waals surface area contributed by atoms with E-state index in [-0.39, 0.29) is 11.8 Å². The summed E-state index contributed by atoms with van der Waals surface area (Å²) in [6.07, 6.45) is 1.34. The molecule has 0 saturated heterocycles. The number of nitrogens with one attached hydrogen (secondary N) is 2. The van der Waals surface area contributed by atoms with E-state index < -0.39 is 0 Å². The number of benzene rings is 1. The lowest BCUT2D eigenvalue weighted by atomic mass is 10.2. The zero-order valence-corrected chi connectivity index (χ0v) is 11.4. The van der Waals surface area contributed by atoms with Crippen LogP contribution in [0.15, 0.2) is 24.3 Å². The van der Waals surface area contributed by atoms with Crippen LogP contribution in [-0.2, 0) is 4.79 Å². The number of methoxy groups -OCH3 is 1. The largest absolute Gasteiger partial charge is 0.497 e. The molecule has 0 aliphatic heterocycles. The van der Waals surface area contributed by atoms with Crippen molar-refractivity contribution in [3.63, 3.8) is 0 Å². The number of rotatable bonds is 7. The standard InChI is InChI=1S/C14H20N2O3/c1-3-4-13(17)15-9-10-16-14(18)11-5-7-12(19-2)8-6-11/h5-8H,3-4,9-10H2,1-2H3,(H,15,17)(H,16,18). The average molecular weight is 264 g/mol. The Morgan fingerprint density at radius 2 is 1.74 bits per heavy atom.